The highest BCUT2D eigenvalue weighted by molar-refractivity contribution is 7.11. The van der Waals surface area contributed by atoms with E-state index in [4.69, 9.17) is 4.74 Å². The van der Waals surface area contributed by atoms with Gasteiger partial charge in [-0.1, -0.05) is 53.8 Å². The quantitative estimate of drug-likeness (QED) is 0.607. The Morgan fingerprint density at radius 3 is 2.39 bits per heavy atom. The van der Waals surface area contributed by atoms with Gasteiger partial charge >= 0.3 is 5.97 Å². The number of benzene rings is 2. The lowest BCUT2D eigenvalue weighted by Gasteiger charge is -2.08. The summed E-state index contributed by atoms with van der Waals surface area (Å²) >= 11 is 1.01. The Hall–Kier alpha value is -3.52. The molecule has 0 saturated carbocycles. The minimum atomic E-state index is -1.29. The Kier molecular flexibility index (Phi) is 5.81. The van der Waals surface area contributed by atoms with Gasteiger partial charge in [-0.15, -0.1) is 0 Å². The van der Waals surface area contributed by atoms with E-state index in [0.717, 1.165) is 16.9 Å². The van der Waals surface area contributed by atoms with Gasteiger partial charge in [-0.25, -0.2) is 9.79 Å². The lowest BCUT2D eigenvalue weighted by atomic mass is 10.2. The number of esters is 1. The number of carboxylic acid groups (broad SMARTS) is 1. The Balaban J connectivity index is 2.14. The van der Waals surface area contributed by atoms with Crippen molar-refractivity contribution in [2.75, 3.05) is 7.11 Å². The van der Waals surface area contributed by atoms with Gasteiger partial charge in [0.2, 0.25) is 0 Å². The number of aromatic carboxylic acids is 1. The second-order valence-electron chi connectivity index (χ2n) is 5.74. The molecule has 0 fully saturated rings. The van der Waals surface area contributed by atoms with Crippen LogP contribution in [0.5, 0.6) is 0 Å². The Labute approximate surface area is 163 Å². The average molecular weight is 395 g/mol. The SMILES string of the molecule is COC(=O)c1cc(=O)n(Cc2ccccc2)c(=Nc2ccc(C(=O)[O-])cc2)s1. The highest BCUT2D eigenvalue weighted by Gasteiger charge is 2.12. The molecule has 0 aliphatic heterocycles. The number of hydrogen-bond acceptors (Lipinski definition) is 7. The van der Waals surface area contributed by atoms with E-state index in [2.05, 4.69) is 4.99 Å². The number of rotatable bonds is 5. The molecule has 0 aliphatic rings. The maximum atomic E-state index is 12.6. The number of aromatic nitrogens is 1. The van der Waals surface area contributed by atoms with E-state index in [0.29, 0.717) is 5.69 Å². The summed E-state index contributed by atoms with van der Waals surface area (Å²) in [6, 6.07) is 16.3. The van der Waals surface area contributed by atoms with Crippen LogP contribution in [0.3, 0.4) is 0 Å². The van der Waals surface area contributed by atoms with Crippen LogP contribution in [0, 0.1) is 0 Å². The van der Waals surface area contributed by atoms with Gasteiger partial charge in [0, 0.05) is 6.07 Å². The molecule has 0 saturated heterocycles. The molecule has 0 atom stereocenters. The molecule has 28 heavy (non-hydrogen) atoms. The van der Waals surface area contributed by atoms with Crippen LogP contribution in [0.4, 0.5) is 5.69 Å². The summed E-state index contributed by atoms with van der Waals surface area (Å²) in [5.41, 5.74) is 0.955. The van der Waals surface area contributed by atoms with Crippen molar-refractivity contribution in [2.24, 2.45) is 4.99 Å². The van der Waals surface area contributed by atoms with E-state index in [1.807, 2.05) is 30.3 Å². The second kappa shape index (κ2) is 8.45. The van der Waals surface area contributed by atoms with Gasteiger partial charge in [-0.05, 0) is 23.3 Å². The van der Waals surface area contributed by atoms with Crippen molar-refractivity contribution in [3.63, 3.8) is 0 Å². The molecule has 3 rings (SSSR count). The van der Waals surface area contributed by atoms with Crippen LogP contribution in [-0.4, -0.2) is 23.6 Å². The van der Waals surface area contributed by atoms with E-state index in [9.17, 15) is 19.5 Å². The maximum Gasteiger partial charge on any atom is 0.348 e. The zero-order chi connectivity index (χ0) is 20.1. The molecule has 8 heteroatoms. The van der Waals surface area contributed by atoms with Gasteiger partial charge in [0.05, 0.1) is 25.3 Å². The number of methoxy groups -OCH3 is 1. The number of carboxylic acids is 1. The number of carbonyl (C=O) groups is 2. The summed E-state index contributed by atoms with van der Waals surface area (Å²) in [7, 11) is 1.24. The summed E-state index contributed by atoms with van der Waals surface area (Å²) in [5, 5.41) is 10.9. The number of nitrogens with zero attached hydrogens (tertiary/aromatic N) is 2. The van der Waals surface area contributed by atoms with Crippen LogP contribution in [-0.2, 0) is 11.3 Å². The highest BCUT2D eigenvalue weighted by atomic mass is 32.1. The highest BCUT2D eigenvalue weighted by Crippen LogP contribution is 2.13. The first kappa shape index (κ1) is 19.2. The van der Waals surface area contributed by atoms with Crippen molar-refractivity contribution < 1.29 is 19.4 Å². The van der Waals surface area contributed by atoms with Crippen LogP contribution in [0.25, 0.3) is 0 Å². The molecular formula is C20H15N2O5S-. The number of ether oxygens (including phenoxy) is 1. The van der Waals surface area contributed by atoms with E-state index in [1.165, 1.54) is 42.0 Å². The Morgan fingerprint density at radius 1 is 1.11 bits per heavy atom. The fraction of sp³-hybridized carbons (Fsp3) is 0.100. The normalized spacial score (nSPS) is 11.2. The van der Waals surface area contributed by atoms with E-state index >= 15 is 0 Å². The van der Waals surface area contributed by atoms with Crippen molar-refractivity contribution in [1.82, 2.24) is 4.57 Å². The summed E-state index contributed by atoms with van der Waals surface area (Å²) in [4.78, 5) is 40.3. The zero-order valence-electron chi connectivity index (χ0n) is 14.8. The predicted octanol–water partition coefficient (Wildman–Crippen LogP) is 1.34. The van der Waals surface area contributed by atoms with Crippen LogP contribution in [0.1, 0.15) is 25.6 Å². The molecule has 0 aliphatic carbocycles. The standard InChI is InChI=1S/C20H16N2O5S/c1-27-19(26)16-11-17(23)22(12-13-5-3-2-4-6-13)20(28-16)21-15-9-7-14(8-10-15)18(24)25/h2-11H,12H2,1H3,(H,24,25)/p-1. The third-order valence-electron chi connectivity index (χ3n) is 3.85. The fourth-order valence-corrected chi connectivity index (χ4v) is 3.38. The molecule has 0 radical (unpaired) electrons. The van der Waals surface area contributed by atoms with Crippen LogP contribution in [0.15, 0.2) is 70.5 Å². The van der Waals surface area contributed by atoms with Gasteiger partial charge in [-0.3, -0.25) is 9.36 Å². The average Bonchev–Trinajstić information content (AvgIpc) is 2.71. The summed E-state index contributed by atoms with van der Waals surface area (Å²) in [6.07, 6.45) is 0. The first-order valence-corrected chi connectivity index (χ1v) is 9.03. The van der Waals surface area contributed by atoms with Crippen LogP contribution >= 0.6 is 11.3 Å². The van der Waals surface area contributed by atoms with Crippen LogP contribution in [0.2, 0.25) is 0 Å². The lowest BCUT2D eigenvalue weighted by Crippen LogP contribution is -2.33. The Morgan fingerprint density at radius 2 is 1.79 bits per heavy atom. The van der Waals surface area contributed by atoms with E-state index in [-0.39, 0.29) is 21.8 Å². The molecule has 1 heterocycles. The van der Waals surface area contributed by atoms with E-state index < -0.39 is 17.5 Å². The zero-order valence-corrected chi connectivity index (χ0v) is 15.6. The second-order valence-corrected chi connectivity index (χ2v) is 6.75. The molecule has 0 spiro atoms. The molecule has 0 N–H and O–H groups in total. The molecule has 1 aromatic heterocycles. The predicted molar refractivity (Wildman–Crippen MR) is 101 cm³/mol. The monoisotopic (exact) mass is 395 g/mol. The van der Waals surface area contributed by atoms with E-state index in [1.54, 1.807) is 0 Å². The van der Waals surface area contributed by atoms with Crippen molar-refractivity contribution in [3.8, 4) is 0 Å². The van der Waals surface area contributed by atoms with Gasteiger partial charge < -0.3 is 14.6 Å². The number of hydrogen-bond donors (Lipinski definition) is 0. The molecule has 3 aromatic rings. The van der Waals surface area contributed by atoms with Crippen LogP contribution < -0.4 is 15.5 Å². The summed E-state index contributed by atoms with van der Waals surface area (Å²) in [6.45, 7) is 0.271. The van der Waals surface area contributed by atoms with Gasteiger partial charge in [0.1, 0.15) is 4.88 Å². The van der Waals surface area contributed by atoms with Gasteiger partial charge in [0.25, 0.3) is 5.56 Å². The molecule has 7 nitrogen and oxygen atoms in total. The summed E-state index contributed by atoms with van der Waals surface area (Å²) < 4.78 is 6.15. The van der Waals surface area contributed by atoms with Gasteiger partial charge in [0.15, 0.2) is 4.80 Å². The topological polar surface area (TPSA) is 101 Å². The smallest absolute Gasteiger partial charge is 0.348 e. The molecule has 0 amide bonds. The minimum absolute atomic E-state index is 0.0209. The third-order valence-corrected chi connectivity index (χ3v) is 4.85. The van der Waals surface area contributed by atoms with Crippen molar-refractivity contribution in [2.45, 2.75) is 6.54 Å². The largest absolute Gasteiger partial charge is 0.545 e. The maximum absolute atomic E-state index is 12.6. The first-order valence-electron chi connectivity index (χ1n) is 8.21. The lowest BCUT2D eigenvalue weighted by molar-refractivity contribution is -0.255. The summed E-state index contributed by atoms with van der Waals surface area (Å²) in [5.74, 6) is -1.92. The van der Waals surface area contributed by atoms with Gasteiger partial charge in [-0.2, -0.15) is 0 Å². The minimum Gasteiger partial charge on any atom is -0.545 e. The van der Waals surface area contributed by atoms with Crippen molar-refractivity contribution >= 4 is 29.0 Å². The molecule has 142 valence electrons. The first-order chi connectivity index (χ1) is 13.5. The molecule has 0 unspecified atom stereocenters. The van der Waals surface area contributed by atoms with Crippen molar-refractivity contribution in [3.05, 3.63) is 91.8 Å². The van der Waals surface area contributed by atoms with Crippen molar-refractivity contribution in [1.29, 1.82) is 0 Å². The Bertz CT molecular complexity index is 1130. The third kappa shape index (κ3) is 4.41. The molecular weight excluding hydrogens is 380 g/mol. The number of carbonyl (C=O) groups excluding carboxylic acids is 2. The molecule has 2 aromatic carbocycles. The fourth-order valence-electron chi connectivity index (χ4n) is 2.45. The molecule has 0 bridgehead atoms.